The van der Waals surface area contributed by atoms with Crippen molar-refractivity contribution in [1.82, 2.24) is 14.9 Å². The number of rotatable bonds is 8. The van der Waals surface area contributed by atoms with Crippen LogP contribution in [-0.4, -0.2) is 33.1 Å². The van der Waals surface area contributed by atoms with Crippen LogP contribution in [0.5, 0.6) is 0 Å². The molecule has 0 saturated heterocycles. The topological polar surface area (TPSA) is 92.1 Å². The maximum atomic E-state index is 12.9. The van der Waals surface area contributed by atoms with E-state index in [1.54, 1.807) is 0 Å². The van der Waals surface area contributed by atoms with Crippen LogP contribution >= 0.6 is 11.8 Å². The van der Waals surface area contributed by atoms with Crippen LogP contribution in [0.4, 0.5) is 5.82 Å². The average Bonchev–Trinajstić information content (AvgIpc) is 2.70. The first kappa shape index (κ1) is 19.7. The molecule has 0 aliphatic heterocycles. The molecule has 3 rings (SSSR count). The van der Waals surface area contributed by atoms with Crippen LogP contribution in [0.25, 0.3) is 0 Å². The van der Waals surface area contributed by atoms with Gasteiger partial charge < -0.3 is 15.6 Å². The number of nitrogens with one attached hydrogen (secondary N) is 1. The second-order valence-corrected chi connectivity index (χ2v) is 7.26. The van der Waals surface area contributed by atoms with E-state index in [1.807, 2.05) is 53.4 Å². The van der Waals surface area contributed by atoms with E-state index in [2.05, 4.69) is 22.1 Å². The molecule has 3 aromatic rings. The van der Waals surface area contributed by atoms with E-state index in [1.165, 1.54) is 23.4 Å². The van der Waals surface area contributed by atoms with Crippen LogP contribution in [0.1, 0.15) is 11.1 Å². The molecule has 0 atom stereocenters. The van der Waals surface area contributed by atoms with Gasteiger partial charge in [0.2, 0.25) is 5.91 Å². The summed E-state index contributed by atoms with van der Waals surface area (Å²) in [6, 6.07) is 21.2. The Kier molecular flexibility index (Phi) is 6.86. The molecule has 3 N–H and O–H groups in total. The summed E-state index contributed by atoms with van der Waals surface area (Å²) in [7, 11) is 0. The fourth-order valence-electron chi connectivity index (χ4n) is 2.75. The number of carbonyl (C=O) groups excluding carboxylic acids is 1. The van der Waals surface area contributed by atoms with Crippen LogP contribution in [-0.2, 0) is 17.8 Å². The summed E-state index contributed by atoms with van der Waals surface area (Å²) in [6.45, 7) is 1.15. The molecule has 0 bridgehead atoms. The number of nitrogens with zero attached hydrogens (tertiary/aromatic N) is 2. The molecule has 1 amide bonds. The number of nitrogens with two attached hydrogens (primary N) is 1. The van der Waals surface area contributed by atoms with Gasteiger partial charge in [0.1, 0.15) is 5.82 Å². The van der Waals surface area contributed by atoms with Gasteiger partial charge in [0, 0.05) is 19.2 Å². The molecule has 0 unspecified atom stereocenters. The van der Waals surface area contributed by atoms with Crippen LogP contribution in [0.2, 0.25) is 0 Å². The number of amides is 1. The van der Waals surface area contributed by atoms with Crippen molar-refractivity contribution >= 4 is 23.5 Å². The van der Waals surface area contributed by atoms with E-state index in [4.69, 9.17) is 5.73 Å². The zero-order chi connectivity index (χ0) is 19.8. The lowest BCUT2D eigenvalue weighted by Gasteiger charge is -2.23. The molecule has 1 heterocycles. The molecule has 0 saturated carbocycles. The Morgan fingerprint density at radius 3 is 2.32 bits per heavy atom. The van der Waals surface area contributed by atoms with E-state index in [0.717, 1.165) is 12.0 Å². The lowest BCUT2D eigenvalue weighted by molar-refractivity contribution is -0.128. The van der Waals surface area contributed by atoms with Crippen molar-refractivity contribution in [3.63, 3.8) is 0 Å². The van der Waals surface area contributed by atoms with Gasteiger partial charge in [0.05, 0.1) is 5.75 Å². The highest BCUT2D eigenvalue weighted by Crippen LogP contribution is 2.15. The maximum absolute atomic E-state index is 12.9. The molecule has 0 aliphatic carbocycles. The van der Waals surface area contributed by atoms with E-state index in [0.29, 0.717) is 18.2 Å². The Morgan fingerprint density at radius 2 is 1.68 bits per heavy atom. The highest BCUT2D eigenvalue weighted by Gasteiger charge is 2.15. The summed E-state index contributed by atoms with van der Waals surface area (Å²) in [5.74, 6) is 0.298. The van der Waals surface area contributed by atoms with Gasteiger partial charge in [-0.3, -0.25) is 9.59 Å². The highest BCUT2D eigenvalue weighted by atomic mass is 32.2. The van der Waals surface area contributed by atoms with E-state index >= 15 is 0 Å². The summed E-state index contributed by atoms with van der Waals surface area (Å²) >= 11 is 1.18. The van der Waals surface area contributed by atoms with Crippen molar-refractivity contribution in [2.24, 2.45) is 0 Å². The SMILES string of the molecule is Nc1cc(=O)[nH]c(SCC(=O)N(CCc2ccccc2)Cc2ccccc2)n1. The molecule has 6 nitrogen and oxygen atoms in total. The molecule has 0 radical (unpaired) electrons. The minimum Gasteiger partial charge on any atom is -0.383 e. The molecule has 2 aromatic carbocycles. The van der Waals surface area contributed by atoms with Gasteiger partial charge in [-0.25, -0.2) is 4.98 Å². The third-order valence-electron chi connectivity index (χ3n) is 4.15. The number of benzene rings is 2. The molecule has 1 aromatic heterocycles. The van der Waals surface area contributed by atoms with Gasteiger partial charge in [-0.05, 0) is 17.5 Å². The van der Waals surface area contributed by atoms with Crippen molar-refractivity contribution < 1.29 is 4.79 Å². The molecule has 0 aliphatic rings. The normalized spacial score (nSPS) is 10.6. The first-order valence-corrected chi connectivity index (χ1v) is 9.94. The van der Waals surface area contributed by atoms with Crippen LogP contribution in [0.3, 0.4) is 0 Å². The predicted octanol–water partition coefficient (Wildman–Crippen LogP) is 2.72. The summed E-state index contributed by atoms with van der Waals surface area (Å²) < 4.78 is 0. The smallest absolute Gasteiger partial charge is 0.253 e. The summed E-state index contributed by atoms with van der Waals surface area (Å²) in [6.07, 6.45) is 0.775. The first-order chi connectivity index (χ1) is 13.6. The van der Waals surface area contributed by atoms with Gasteiger partial charge >= 0.3 is 0 Å². The average molecular weight is 395 g/mol. The fourth-order valence-corrected chi connectivity index (χ4v) is 3.53. The lowest BCUT2D eigenvalue weighted by Crippen LogP contribution is -2.34. The number of hydrogen-bond acceptors (Lipinski definition) is 5. The van der Waals surface area contributed by atoms with Crippen molar-refractivity contribution in [3.8, 4) is 0 Å². The zero-order valence-electron chi connectivity index (χ0n) is 15.4. The van der Waals surface area contributed by atoms with Crippen LogP contribution in [0.15, 0.2) is 76.7 Å². The van der Waals surface area contributed by atoms with E-state index < -0.39 is 0 Å². The molecule has 0 fully saturated rings. The first-order valence-electron chi connectivity index (χ1n) is 8.95. The number of hydrogen-bond donors (Lipinski definition) is 2. The molecule has 144 valence electrons. The van der Waals surface area contributed by atoms with Crippen molar-refractivity contribution in [1.29, 1.82) is 0 Å². The Hall–Kier alpha value is -3.06. The number of nitrogen functional groups attached to an aromatic ring is 1. The van der Waals surface area contributed by atoms with Crippen molar-refractivity contribution in [3.05, 3.63) is 88.2 Å². The summed E-state index contributed by atoms with van der Waals surface area (Å²) in [4.78, 5) is 32.9. The third-order valence-corrected chi connectivity index (χ3v) is 5.01. The summed E-state index contributed by atoms with van der Waals surface area (Å²) in [5, 5.41) is 0.348. The molecule has 7 heteroatoms. The number of H-pyrrole nitrogens is 1. The Morgan fingerprint density at radius 1 is 1.04 bits per heavy atom. The number of carbonyl (C=O) groups is 1. The van der Waals surface area contributed by atoms with Gasteiger partial charge in [-0.1, -0.05) is 72.4 Å². The van der Waals surface area contributed by atoms with Gasteiger partial charge in [-0.2, -0.15) is 0 Å². The quantitative estimate of drug-likeness (QED) is 0.453. The fraction of sp³-hybridized carbons (Fsp3) is 0.190. The highest BCUT2D eigenvalue weighted by molar-refractivity contribution is 7.99. The number of thioether (sulfide) groups is 1. The lowest BCUT2D eigenvalue weighted by atomic mass is 10.1. The molecular weight excluding hydrogens is 372 g/mol. The Balaban J connectivity index is 1.67. The molecule has 28 heavy (non-hydrogen) atoms. The number of aromatic nitrogens is 2. The van der Waals surface area contributed by atoms with E-state index in [9.17, 15) is 9.59 Å². The second-order valence-electron chi connectivity index (χ2n) is 6.30. The summed E-state index contributed by atoms with van der Waals surface area (Å²) in [5.41, 5.74) is 7.53. The van der Waals surface area contributed by atoms with Crippen LogP contribution < -0.4 is 11.3 Å². The predicted molar refractivity (Wildman–Crippen MR) is 112 cm³/mol. The van der Waals surface area contributed by atoms with Gasteiger partial charge in [0.15, 0.2) is 5.16 Å². The molecular formula is C21H22N4O2S. The third kappa shape index (κ3) is 5.99. The van der Waals surface area contributed by atoms with E-state index in [-0.39, 0.29) is 23.0 Å². The molecule has 0 spiro atoms. The Bertz CT molecular complexity index is 961. The van der Waals surface area contributed by atoms with Crippen molar-refractivity contribution in [2.75, 3.05) is 18.0 Å². The minimum absolute atomic E-state index is 0.0187. The van der Waals surface area contributed by atoms with Gasteiger partial charge in [0.25, 0.3) is 5.56 Å². The standard InChI is InChI=1S/C21H22N4O2S/c22-18-13-19(26)24-21(23-18)28-15-20(27)25(14-17-9-5-2-6-10-17)12-11-16-7-3-1-4-8-16/h1-10,13H,11-12,14-15H2,(H3,22,23,24,26). The largest absolute Gasteiger partial charge is 0.383 e. The number of aromatic amines is 1. The Labute approximate surface area is 167 Å². The number of anilines is 1. The van der Waals surface area contributed by atoms with Gasteiger partial charge in [-0.15, -0.1) is 0 Å². The minimum atomic E-state index is -0.326. The van der Waals surface area contributed by atoms with Crippen molar-refractivity contribution in [2.45, 2.75) is 18.1 Å². The maximum Gasteiger partial charge on any atom is 0.253 e. The van der Waals surface area contributed by atoms with Crippen LogP contribution in [0, 0.1) is 0 Å². The monoisotopic (exact) mass is 394 g/mol. The zero-order valence-corrected chi connectivity index (χ0v) is 16.2. The second kappa shape index (κ2) is 9.75.